The zero-order valence-electron chi connectivity index (χ0n) is 13.1. The van der Waals surface area contributed by atoms with Crippen LogP contribution in [0.4, 0.5) is 0 Å². The van der Waals surface area contributed by atoms with Gasteiger partial charge in [-0.25, -0.2) is 0 Å². The summed E-state index contributed by atoms with van der Waals surface area (Å²) < 4.78 is 5.12. The van der Waals surface area contributed by atoms with Gasteiger partial charge < -0.3 is 4.74 Å². The zero-order valence-corrected chi connectivity index (χ0v) is 13.1. The van der Waals surface area contributed by atoms with Crippen molar-refractivity contribution in [1.82, 2.24) is 10.2 Å². The van der Waals surface area contributed by atoms with E-state index in [1.807, 2.05) is 6.92 Å². The average Bonchev–Trinajstić information content (AvgIpc) is 2.80. The van der Waals surface area contributed by atoms with Crippen molar-refractivity contribution in [3.05, 3.63) is 41.2 Å². The molecule has 1 saturated heterocycles. The van der Waals surface area contributed by atoms with Gasteiger partial charge in [-0.1, -0.05) is 6.07 Å². The van der Waals surface area contributed by atoms with E-state index in [1.165, 1.54) is 6.26 Å². The van der Waals surface area contributed by atoms with Crippen LogP contribution in [0.2, 0.25) is 0 Å². The molecule has 7 nitrogen and oxygen atoms in total. The minimum Gasteiger partial charge on any atom is -0.501 e. The number of carbonyl (C=O) groups is 4. The largest absolute Gasteiger partial charge is 0.501 e. The van der Waals surface area contributed by atoms with Gasteiger partial charge in [-0.2, -0.15) is 0 Å². The fraction of sp³-hybridized carbons (Fsp3) is 0.294. The highest BCUT2D eigenvalue weighted by molar-refractivity contribution is 6.23. The molecule has 1 N–H and O–H groups in total. The molecule has 0 bridgehead atoms. The summed E-state index contributed by atoms with van der Waals surface area (Å²) >= 11 is 0. The van der Waals surface area contributed by atoms with Crippen LogP contribution in [0.5, 0.6) is 0 Å². The van der Waals surface area contributed by atoms with E-state index in [-0.39, 0.29) is 24.0 Å². The minimum absolute atomic E-state index is 0.103. The van der Waals surface area contributed by atoms with Gasteiger partial charge in [-0.3, -0.25) is 29.4 Å². The lowest BCUT2D eigenvalue weighted by Gasteiger charge is -2.27. The highest BCUT2D eigenvalue weighted by atomic mass is 16.5. The van der Waals surface area contributed by atoms with Crippen molar-refractivity contribution in [3.8, 4) is 0 Å². The predicted octanol–water partition coefficient (Wildman–Crippen LogP) is 1.09. The van der Waals surface area contributed by atoms with Gasteiger partial charge in [0.1, 0.15) is 6.04 Å². The summed E-state index contributed by atoms with van der Waals surface area (Å²) in [5.41, 5.74) is 1.23. The third kappa shape index (κ3) is 2.68. The number of nitrogens with zero attached hydrogens (tertiary/aromatic N) is 1. The van der Waals surface area contributed by atoms with Crippen molar-refractivity contribution in [2.45, 2.75) is 25.8 Å². The number of imide groups is 2. The van der Waals surface area contributed by atoms with Crippen LogP contribution in [0.15, 0.2) is 24.5 Å². The van der Waals surface area contributed by atoms with Crippen LogP contribution in [0.25, 0.3) is 6.08 Å². The number of fused-ring (bicyclic) bond motifs is 1. The van der Waals surface area contributed by atoms with Crippen molar-refractivity contribution in [2.24, 2.45) is 0 Å². The Hall–Kier alpha value is -2.96. The van der Waals surface area contributed by atoms with Gasteiger partial charge >= 0.3 is 0 Å². The number of hydrogen-bond acceptors (Lipinski definition) is 5. The van der Waals surface area contributed by atoms with Gasteiger partial charge in [0.05, 0.1) is 24.0 Å². The number of benzene rings is 1. The average molecular weight is 328 g/mol. The first-order valence-electron chi connectivity index (χ1n) is 7.66. The fourth-order valence-corrected chi connectivity index (χ4v) is 2.82. The van der Waals surface area contributed by atoms with Crippen molar-refractivity contribution in [1.29, 1.82) is 0 Å². The molecule has 0 radical (unpaired) electrons. The lowest BCUT2D eigenvalue weighted by molar-refractivity contribution is -0.136. The maximum atomic E-state index is 12.6. The van der Waals surface area contributed by atoms with E-state index in [9.17, 15) is 19.2 Å². The van der Waals surface area contributed by atoms with Crippen LogP contribution >= 0.6 is 0 Å². The Bertz CT molecular complexity index is 768. The summed E-state index contributed by atoms with van der Waals surface area (Å²) in [4.78, 5) is 49.3. The summed E-state index contributed by atoms with van der Waals surface area (Å²) in [6, 6.07) is 3.91. The van der Waals surface area contributed by atoms with Crippen LogP contribution in [-0.2, 0) is 14.3 Å². The third-order valence-corrected chi connectivity index (χ3v) is 3.99. The van der Waals surface area contributed by atoms with Gasteiger partial charge in [0, 0.05) is 6.42 Å². The Labute approximate surface area is 138 Å². The molecule has 1 unspecified atom stereocenters. The molecule has 0 saturated carbocycles. The van der Waals surface area contributed by atoms with Gasteiger partial charge in [0.15, 0.2) is 0 Å². The third-order valence-electron chi connectivity index (χ3n) is 3.99. The van der Waals surface area contributed by atoms with E-state index in [2.05, 4.69) is 5.32 Å². The van der Waals surface area contributed by atoms with Crippen LogP contribution in [0.3, 0.4) is 0 Å². The summed E-state index contributed by atoms with van der Waals surface area (Å²) in [5, 5.41) is 2.17. The van der Waals surface area contributed by atoms with Crippen molar-refractivity contribution < 1.29 is 23.9 Å². The molecule has 1 aromatic rings. The van der Waals surface area contributed by atoms with Crippen molar-refractivity contribution >= 4 is 29.7 Å². The SMILES string of the molecule is CCO/C=C/c1ccc2c(c1)C(=O)N(C1CCC(=O)NC1=O)C2=O. The Morgan fingerprint density at radius 3 is 2.67 bits per heavy atom. The predicted molar refractivity (Wildman–Crippen MR) is 83.8 cm³/mol. The molecule has 0 aliphatic carbocycles. The first-order chi connectivity index (χ1) is 11.5. The number of carbonyl (C=O) groups excluding carboxylic acids is 4. The highest BCUT2D eigenvalue weighted by Crippen LogP contribution is 2.28. The number of rotatable bonds is 4. The Morgan fingerprint density at radius 2 is 1.96 bits per heavy atom. The van der Waals surface area contributed by atoms with E-state index in [0.717, 1.165) is 4.90 Å². The van der Waals surface area contributed by atoms with Crippen LogP contribution in [-0.4, -0.2) is 41.2 Å². The molecule has 0 spiro atoms. The molecule has 0 aromatic heterocycles. The molecule has 124 valence electrons. The molecule has 2 heterocycles. The normalized spacial score (nSPS) is 20.5. The molecular weight excluding hydrogens is 312 g/mol. The first-order valence-corrected chi connectivity index (χ1v) is 7.66. The lowest BCUT2D eigenvalue weighted by Crippen LogP contribution is -2.54. The number of piperidine rings is 1. The molecule has 24 heavy (non-hydrogen) atoms. The molecule has 4 amide bonds. The van der Waals surface area contributed by atoms with E-state index in [1.54, 1.807) is 24.3 Å². The van der Waals surface area contributed by atoms with Gasteiger partial charge in [-0.05, 0) is 37.1 Å². The molecule has 1 aromatic carbocycles. The second-order valence-electron chi connectivity index (χ2n) is 5.51. The van der Waals surface area contributed by atoms with Crippen molar-refractivity contribution in [2.75, 3.05) is 6.61 Å². The van der Waals surface area contributed by atoms with Gasteiger partial charge in [0.25, 0.3) is 11.8 Å². The molecular formula is C17H16N2O5. The van der Waals surface area contributed by atoms with Crippen LogP contribution in [0.1, 0.15) is 46.0 Å². The molecule has 7 heteroatoms. The van der Waals surface area contributed by atoms with E-state index >= 15 is 0 Å². The quantitative estimate of drug-likeness (QED) is 0.660. The molecule has 1 fully saturated rings. The van der Waals surface area contributed by atoms with Gasteiger partial charge in [-0.15, -0.1) is 0 Å². The van der Waals surface area contributed by atoms with E-state index < -0.39 is 29.7 Å². The lowest BCUT2D eigenvalue weighted by atomic mass is 10.0. The summed E-state index contributed by atoms with van der Waals surface area (Å²) in [5.74, 6) is -2.03. The zero-order chi connectivity index (χ0) is 17.3. The van der Waals surface area contributed by atoms with E-state index in [4.69, 9.17) is 4.74 Å². The standard InChI is InChI=1S/C17H16N2O5/c1-2-24-8-7-10-3-4-11-12(9-10)17(23)19(16(11)22)13-5-6-14(20)18-15(13)21/h3-4,7-9,13H,2,5-6H2,1H3,(H,18,20,21)/b8-7+. The minimum atomic E-state index is -0.947. The number of amides is 4. The maximum Gasteiger partial charge on any atom is 0.262 e. The molecule has 2 aliphatic heterocycles. The maximum absolute atomic E-state index is 12.6. The Morgan fingerprint density at radius 1 is 1.21 bits per heavy atom. The molecule has 2 aliphatic rings. The van der Waals surface area contributed by atoms with Crippen molar-refractivity contribution in [3.63, 3.8) is 0 Å². The summed E-state index contributed by atoms with van der Waals surface area (Å²) in [7, 11) is 0. The summed E-state index contributed by atoms with van der Waals surface area (Å²) in [6.07, 6.45) is 3.45. The number of ether oxygens (including phenoxy) is 1. The fourth-order valence-electron chi connectivity index (χ4n) is 2.82. The second-order valence-corrected chi connectivity index (χ2v) is 5.51. The van der Waals surface area contributed by atoms with Crippen LogP contribution < -0.4 is 5.32 Å². The number of hydrogen-bond donors (Lipinski definition) is 1. The Balaban J connectivity index is 1.88. The first kappa shape index (κ1) is 15.9. The smallest absolute Gasteiger partial charge is 0.262 e. The topological polar surface area (TPSA) is 92.8 Å². The Kier molecular flexibility index (Phi) is 4.16. The monoisotopic (exact) mass is 328 g/mol. The second kappa shape index (κ2) is 6.27. The number of nitrogens with one attached hydrogen (secondary N) is 1. The molecule has 3 rings (SSSR count). The van der Waals surface area contributed by atoms with Crippen LogP contribution in [0, 0.1) is 0 Å². The molecule has 1 atom stereocenters. The van der Waals surface area contributed by atoms with Gasteiger partial charge in [0.2, 0.25) is 11.8 Å². The van der Waals surface area contributed by atoms with E-state index in [0.29, 0.717) is 12.2 Å². The highest BCUT2D eigenvalue weighted by Gasteiger charge is 2.44. The summed E-state index contributed by atoms with van der Waals surface area (Å²) in [6.45, 7) is 2.38.